The fraction of sp³-hybridized carbons (Fsp3) is 0.706. The first-order valence-electron chi connectivity index (χ1n) is 15.2. The minimum absolute atomic E-state index is 0.0153. The van der Waals surface area contributed by atoms with Gasteiger partial charge < -0.3 is 0 Å². The van der Waals surface area contributed by atoms with Crippen molar-refractivity contribution in [3.05, 3.63) is 33.9 Å². The first kappa shape index (κ1) is 33.9. The normalized spacial score (nSPS) is 16.4. The molecule has 1 aromatic rings. The maximum Gasteiger partial charge on any atom is 0.163 e. The summed E-state index contributed by atoms with van der Waals surface area (Å²) in [6.45, 7) is 18.2. The number of rotatable bonds is 14. The van der Waals surface area contributed by atoms with Crippen molar-refractivity contribution in [2.24, 2.45) is 17.8 Å². The van der Waals surface area contributed by atoms with Crippen LogP contribution in [0, 0.1) is 24.7 Å². The third kappa shape index (κ3) is 9.58. The monoisotopic (exact) mass is 526 g/mol. The van der Waals surface area contributed by atoms with Crippen LogP contribution in [0.15, 0.2) is 6.07 Å². The molecule has 1 aliphatic carbocycles. The van der Waals surface area contributed by atoms with Gasteiger partial charge in [0.15, 0.2) is 5.78 Å². The minimum Gasteiger partial charge on any atom is -0.300 e. The van der Waals surface area contributed by atoms with Gasteiger partial charge in [0.05, 0.1) is 6.42 Å². The van der Waals surface area contributed by atoms with Crippen LogP contribution in [0.25, 0.3) is 0 Å². The number of carbonyl (C=O) groups excluding carboxylic acids is 4. The lowest BCUT2D eigenvalue weighted by atomic mass is 9.70. The summed E-state index contributed by atoms with van der Waals surface area (Å²) in [6.07, 6.45) is 7.92. The summed E-state index contributed by atoms with van der Waals surface area (Å²) in [5.74, 6) is 0.947. The lowest BCUT2D eigenvalue weighted by molar-refractivity contribution is -0.130. The van der Waals surface area contributed by atoms with Crippen molar-refractivity contribution in [1.29, 1.82) is 0 Å². The molecule has 0 radical (unpaired) electrons. The summed E-state index contributed by atoms with van der Waals surface area (Å²) < 4.78 is 0. The van der Waals surface area contributed by atoms with Gasteiger partial charge in [0.1, 0.15) is 17.3 Å². The Kier molecular flexibility index (Phi) is 15.0. The van der Waals surface area contributed by atoms with E-state index in [1.54, 1.807) is 0 Å². The molecule has 0 spiro atoms. The Hall–Kier alpha value is -2.10. The van der Waals surface area contributed by atoms with Crippen molar-refractivity contribution < 1.29 is 19.2 Å². The van der Waals surface area contributed by atoms with Gasteiger partial charge in [-0.1, -0.05) is 73.8 Å². The van der Waals surface area contributed by atoms with Crippen LogP contribution < -0.4 is 0 Å². The minimum atomic E-state index is -0.117. The topological polar surface area (TPSA) is 68.3 Å². The molecule has 4 heteroatoms. The van der Waals surface area contributed by atoms with Crippen LogP contribution in [-0.4, -0.2) is 23.1 Å². The van der Waals surface area contributed by atoms with Gasteiger partial charge in [-0.15, -0.1) is 0 Å². The Morgan fingerprint density at radius 2 is 1.63 bits per heavy atom. The molecule has 2 rings (SSSR count). The average Bonchev–Trinajstić information content (AvgIpc) is 2.81. The van der Waals surface area contributed by atoms with Crippen LogP contribution in [0.5, 0.6) is 0 Å². The molecule has 0 saturated carbocycles. The molecule has 38 heavy (non-hydrogen) atoms. The van der Waals surface area contributed by atoms with Gasteiger partial charge in [-0.05, 0) is 79.5 Å². The molecule has 0 aromatic heterocycles. The van der Waals surface area contributed by atoms with Crippen molar-refractivity contribution in [3.63, 3.8) is 0 Å². The second-order valence-electron chi connectivity index (χ2n) is 11.8. The van der Waals surface area contributed by atoms with E-state index in [4.69, 9.17) is 0 Å². The molecule has 0 bridgehead atoms. The summed E-state index contributed by atoms with van der Waals surface area (Å²) in [7, 11) is 0. The molecule has 4 nitrogen and oxygen atoms in total. The molecule has 1 aromatic carbocycles. The first-order chi connectivity index (χ1) is 17.9. The summed E-state index contributed by atoms with van der Waals surface area (Å²) in [6, 6.07) is 2.18. The average molecular weight is 527 g/mol. The van der Waals surface area contributed by atoms with Crippen LogP contribution in [0.1, 0.15) is 152 Å². The Morgan fingerprint density at radius 3 is 2.13 bits per heavy atom. The smallest absolute Gasteiger partial charge is 0.163 e. The zero-order valence-corrected chi connectivity index (χ0v) is 25.8. The van der Waals surface area contributed by atoms with E-state index in [1.807, 2.05) is 20.8 Å². The van der Waals surface area contributed by atoms with E-state index in [1.165, 1.54) is 18.9 Å². The Labute approximate surface area is 232 Å². The number of hydrogen-bond acceptors (Lipinski definition) is 4. The van der Waals surface area contributed by atoms with Crippen molar-refractivity contribution in [3.8, 4) is 0 Å². The summed E-state index contributed by atoms with van der Waals surface area (Å²) in [5, 5.41) is 0. The number of carbonyl (C=O) groups is 4. The molecule has 0 heterocycles. The van der Waals surface area contributed by atoms with Gasteiger partial charge in [0.25, 0.3) is 0 Å². The third-order valence-corrected chi connectivity index (χ3v) is 7.76. The summed E-state index contributed by atoms with van der Waals surface area (Å²) in [4.78, 5) is 50.4. The van der Waals surface area contributed by atoms with E-state index in [9.17, 15) is 19.2 Å². The lowest BCUT2D eigenvalue weighted by Crippen LogP contribution is -2.30. The fourth-order valence-corrected chi connectivity index (χ4v) is 6.16. The van der Waals surface area contributed by atoms with Crippen molar-refractivity contribution >= 4 is 23.1 Å². The van der Waals surface area contributed by atoms with E-state index in [2.05, 4.69) is 40.7 Å². The van der Waals surface area contributed by atoms with Crippen LogP contribution in [0.4, 0.5) is 0 Å². The summed E-state index contributed by atoms with van der Waals surface area (Å²) in [5.41, 5.74) is 5.17. The van der Waals surface area contributed by atoms with E-state index < -0.39 is 0 Å². The molecule has 0 saturated heterocycles. The highest BCUT2D eigenvalue weighted by Gasteiger charge is 2.34. The number of benzene rings is 1. The van der Waals surface area contributed by atoms with Crippen LogP contribution in [0.3, 0.4) is 0 Å². The molecule has 3 atom stereocenters. The zero-order chi connectivity index (χ0) is 29.0. The highest BCUT2D eigenvalue weighted by molar-refractivity contribution is 6.01. The van der Waals surface area contributed by atoms with Gasteiger partial charge in [0, 0.05) is 30.7 Å². The molecule has 0 N–H and O–H groups in total. The predicted molar refractivity (Wildman–Crippen MR) is 158 cm³/mol. The number of ketones is 4. The number of hydrogen-bond donors (Lipinski definition) is 0. The maximum atomic E-state index is 13.5. The molecule has 0 fully saturated rings. The second-order valence-corrected chi connectivity index (χ2v) is 11.8. The molecule has 214 valence electrons. The van der Waals surface area contributed by atoms with Gasteiger partial charge in [-0.3, -0.25) is 19.2 Å². The number of fused-ring (bicyclic) bond motifs is 1. The molecular weight excluding hydrogens is 472 g/mol. The van der Waals surface area contributed by atoms with Crippen molar-refractivity contribution in [2.75, 3.05) is 0 Å². The van der Waals surface area contributed by atoms with Gasteiger partial charge in [0.2, 0.25) is 0 Å². The van der Waals surface area contributed by atoms with Gasteiger partial charge >= 0.3 is 0 Å². The van der Waals surface area contributed by atoms with E-state index in [-0.39, 0.29) is 53.2 Å². The largest absolute Gasteiger partial charge is 0.300 e. The summed E-state index contributed by atoms with van der Waals surface area (Å²) >= 11 is 0. The van der Waals surface area contributed by atoms with Gasteiger partial charge in [-0.2, -0.15) is 0 Å². The lowest BCUT2D eigenvalue weighted by Gasteiger charge is -2.33. The van der Waals surface area contributed by atoms with Crippen molar-refractivity contribution in [2.45, 2.75) is 139 Å². The Morgan fingerprint density at radius 1 is 1.00 bits per heavy atom. The first-order valence-corrected chi connectivity index (χ1v) is 15.2. The van der Waals surface area contributed by atoms with Gasteiger partial charge in [-0.25, -0.2) is 0 Å². The maximum absolute atomic E-state index is 13.5. The fourth-order valence-electron chi connectivity index (χ4n) is 6.16. The van der Waals surface area contributed by atoms with E-state index in [0.29, 0.717) is 19.3 Å². The highest BCUT2D eigenvalue weighted by atomic mass is 16.1. The predicted octanol–water partition coefficient (Wildman–Crippen LogP) is 8.57. The molecule has 3 unspecified atom stereocenters. The molecular formula is C34H54O4. The Balaban J connectivity index is 0.00000229. The van der Waals surface area contributed by atoms with Crippen LogP contribution in [-0.2, 0) is 27.2 Å². The molecule has 1 aliphatic rings. The van der Waals surface area contributed by atoms with E-state index in [0.717, 1.165) is 60.8 Å². The Bertz CT molecular complexity index is 956. The second kappa shape index (κ2) is 16.8. The quantitative estimate of drug-likeness (QED) is 0.228. The molecule has 0 amide bonds. The van der Waals surface area contributed by atoms with E-state index >= 15 is 0 Å². The standard InChI is InChI=1S/C31H46O4.C3H8/c1-8-11-23(26(10-3)29(34)13-20(6)32)14-22-15-28-27(19(4)5)18-24(17-25(33)12-9-2)21(7)31(28)30(35)16-22;1-3-2/h18-19,22-23,26H,8-17H2,1-7H3;3H2,1-2H3. The highest BCUT2D eigenvalue weighted by Crippen LogP contribution is 2.40. The van der Waals surface area contributed by atoms with Crippen LogP contribution in [0.2, 0.25) is 0 Å². The van der Waals surface area contributed by atoms with Crippen LogP contribution >= 0.6 is 0 Å². The SMILES string of the molecule is CCC.CCCC(=O)Cc1cc(C(C)C)c2c(c1C)C(=O)CC(CC(CCC)C(CC)C(=O)CC(C)=O)C2. The number of Topliss-reactive ketones (excluding diaryl/α,β-unsaturated/α-hetero) is 4. The molecule has 0 aliphatic heterocycles. The van der Waals surface area contributed by atoms with Crippen molar-refractivity contribution in [1.82, 2.24) is 0 Å². The zero-order valence-electron chi connectivity index (χ0n) is 25.8. The third-order valence-electron chi connectivity index (χ3n) is 7.76.